The summed E-state index contributed by atoms with van der Waals surface area (Å²) in [6.45, 7) is 4.13. The number of ether oxygens (including phenoxy) is 1. The predicted octanol–water partition coefficient (Wildman–Crippen LogP) is 3.87. The Balaban J connectivity index is 2.29. The van der Waals surface area contributed by atoms with Crippen molar-refractivity contribution < 1.29 is 9.53 Å². The molecule has 17 heavy (non-hydrogen) atoms. The first-order valence-corrected chi connectivity index (χ1v) is 6.41. The smallest absolute Gasteiger partial charge is 0.331 e. The van der Waals surface area contributed by atoms with Crippen molar-refractivity contribution in [2.75, 3.05) is 6.61 Å². The highest BCUT2D eigenvalue weighted by Crippen LogP contribution is 2.24. The molecule has 0 aliphatic carbocycles. The van der Waals surface area contributed by atoms with Crippen LogP contribution in [-0.4, -0.2) is 12.6 Å². The van der Waals surface area contributed by atoms with Gasteiger partial charge in [-0.05, 0) is 53.9 Å². The third kappa shape index (κ3) is 2.74. The van der Waals surface area contributed by atoms with Crippen molar-refractivity contribution in [2.24, 2.45) is 0 Å². The Morgan fingerprint density at radius 1 is 1.41 bits per heavy atom. The largest absolute Gasteiger partial charge is 0.463 e. The Kier molecular flexibility index (Phi) is 3.59. The fourth-order valence-electron chi connectivity index (χ4n) is 1.66. The molecule has 0 aliphatic heterocycles. The minimum Gasteiger partial charge on any atom is -0.463 e. The van der Waals surface area contributed by atoms with Crippen molar-refractivity contribution in [1.29, 1.82) is 0 Å². The van der Waals surface area contributed by atoms with Crippen LogP contribution in [0.2, 0.25) is 0 Å². The van der Waals surface area contributed by atoms with Crippen molar-refractivity contribution in [2.45, 2.75) is 13.8 Å². The van der Waals surface area contributed by atoms with Gasteiger partial charge in [0.1, 0.15) is 0 Å². The number of carbonyl (C=O) groups excluding carboxylic acids is 1. The zero-order valence-corrected chi connectivity index (χ0v) is 10.7. The normalized spacial score (nSPS) is 11.8. The standard InChI is InChI=1S/C14H14O2S/c1-3-16-14(15)8-10(2)11-4-5-13-12(9-11)6-7-17-13/h4-9H,3H2,1-2H3/b10-8-. The van der Waals surface area contributed by atoms with E-state index in [1.807, 2.05) is 13.0 Å². The third-order valence-corrected chi connectivity index (χ3v) is 3.43. The van der Waals surface area contributed by atoms with Gasteiger partial charge in [-0.1, -0.05) is 6.07 Å². The van der Waals surface area contributed by atoms with Crippen LogP contribution in [-0.2, 0) is 9.53 Å². The average Bonchev–Trinajstić information content (AvgIpc) is 2.75. The van der Waals surface area contributed by atoms with E-state index < -0.39 is 0 Å². The van der Waals surface area contributed by atoms with Crippen LogP contribution < -0.4 is 0 Å². The lowest BCUT2D eigenvalue weighted by Crippen LogP contribution is -2.00. The molecule has 1 aromatic heterocycles. The second-order valence-corrected chi connectivity index (χ2v) is 4.70. The van der Waals surface area contributed by atoms with Gasteiger partial charge >= 0.3 is 5.97 Å². The van der Waals surface area contributed by atoms with E-state index in [2.05, 4.69) is 23.6 Å². The maximum absolute atomic E-state index is 11.3. The highest BCUT2D eigenvalue weighted by atomic mass is 32.1. The van der Waals surface area contributed by atoms with Gasteiger partial charge in [-0.15, -0.1) is 11.3 Å². The first-order chi connectivity index (χ1) is 8.20. The average molecular weight is 246 g/mol. The molecule has 0 fully saturated rings. The molecule has 0 aliphatic rings. The number of fused-ring (bicyclic) bond motifs is 1. The van der Waals surface area contributed by atoms with Gasteiger partial charge < -0.3 is 4.74 Å². The lowest BCUT2D eigenvalue weighted by atomic mass is 10.1. The highest BCUT2D eigenvalue weighted by molar-refractivity contribution is 7.17. The van der Waals surface area contributed by atoms with Crippen LogP contribution in [0.3, 0.4) is 0 Å². The van der Waals surface area contributed by atoms with Gasteiger partial charge in [-0.3, -0.25) is 0 Å². The number of allylic oxidation sites excluding steroid dienone is 1. The third-order valence-electron chi connectivity index (χ3n) is 2.53. The van der Waals surface area contributed by atoms with Gasteiger partial charge in [-0.25, -0.2) is 4.79 Å². The second-order valence-electron chi connectivity index (χ2n) is 3.75. The zero-order chi connectivity index (χ0) is 12.3. The minimum atomic E-state index is -0.282. The SMILES string of the molecule is CCOC(=O)/C=C(/C)c1ccc2sccc2c1. The summed E-state index contributed by atoms with van der Waals surface area (Å²) in [6, 6.07) is 8.29. The van der Waals surface area contributed by atoms with E-state index in [9.17, 15) is 4.79 Å². The van der Waals surface area contributed by atoms with Crippen LogP contribution in [0.25, 0.3) is 15.7 Å². The van der Waals surface area contributed by atoms with Crippen LogP contribution in [0, 0.1) is 0 Å². The number of hydrogen-bond acceptors (Lipinski definition) is 3. The zero-order valence-electron chi connectivity index (χ0n) is 9.90. The van der Waals surface area contributed by atoms with E-state index in [1.165, 1.54) is 16.2 Å². The molecular weight excluding hydrogens is 232 g/mol. The summed E-state index contributed by atoms with van der Waals surface area (Å²) in [5.41, 5.74) is 1.99. The van der Waals surface area contributed by atoms with Crippen LogP contribution >= 0.6 is 11.3 Å². The summed E-state index contributed by atoms with van der Waals surface area (Å²) < 4.78 is 6.15. The van der Waals surface area contributed by atoms with Gasteiger partial charge in [0, 0.05) is 10.8 Å². The van der Waals surface area contributed by atoms with E-state index in [-0.39, 0.29) is 5.97 Å². The molecule has 0 spiro atoms. The molecule has 0 radical (unpaired) electrons. The molecule has 88 valence electrons. The molecule has 0 bridgehead atoms. The minimum absolute atomic E-state index is 0.282. The molecule has 0 saturated heterocycles. The lowest BCUT2D eigenvalue weighted by Gasteiger charge is -2.02. The molecule has 1 aromatic carbocycles. The Hall–Kier alpha value is -1.61. The summed E-state index contributed by atoms with van der Waals surface area (Å²) in [7, 11) is 0. The number of thiophene rings is 1. The van der Waals surface area contributed by atoms with Crippen molar-refractivity contribution in [1.82, 2.24) is 0 Å². The van der Waals surface area contributed by atoms with Crippen LogP contribution in [0.1, 0.15) is 19.4 Å². The van der Waals surface area contributed by atoms with E-state index in [0.29, 0.717) is 6.61 Å². The van der Waals surface area contributed by atoms with Gasteiger partial charge in [0.25, 0.3) is 0 Å². The van der Waals surface area contributed by atoms with Gasteiger partial charge in [0.05, 0.1) is 6.61 Å². The van der Waals surface area contributed by atoms with Crippen molar-refractivity contribution in [3.8, 4) is 0 Å². The number of carbonyl (C=O) groups is 1. The number of rotatable bonds is 3. The predicted molar refractivity (Wildman–Crippen MR) is 72.1 cm³/mol. The summed E-state index contributed by atoms with van der Waals surface area (Å²) in [4.78, 5) is 11.3. The Bertz CT molecular complexity index is 566. The van der Waals surface area contributed by atoms with E-state index in [4.69, 9.17) is 4.74 Å². The van der Waals surface area contributed by atoms with Crippen LogP contribution in [0.15, 0.2) is 35.7 Å². The van der Waals surface area contributed by atoms with E-state index in [0.717, 1.165) is 11.1 Å². The number of benzene rings is 1. The fraction of sp³-hybridized carbons (Fsp3) is 0.214. The van der Waals surface area contributed by atoms with E-state index in [1.54, 1.807) is 18.3 Å². The maximum Gasteiger partial charge on any atom is 0.331 e. The quantitative estimate of drug-likeness (QED) is 0.607. The van der Waals surface area contributed by atoms with E-state index >= 15 is 0 Å². The van der Waals surface area contributed by atoms with Crippen molar-refractivity contribution in [3.05, 3.63) is 41.3 Å². The van der Waals surface area contributed by atoms with Gasteiger partial charge in [0.15, 0.2) is 0 Å². The molecule has 0 unspecified atom stereocenters. The second kappa shape index (κ2) is 5.15. The fourth-order valence-corrected chi connectivity index (χ4v) is 2.43. The molecular formula is C14H14O2S. The summed E-state index contributed by atoms with van der Waals surface area (Å²) >= 11 is 1.72. The van der Waals surface area contributed by atoms with Crippen LogP contribution in [0.4, 0.5) is 0 Å². The Morgan fingerprint density at radius 2 is 2.24 bits per heavy atom. The lowest BCUT2D eigenvalue weighted by molar-refractivity contribution is -0.137. The topological polar surface area (TPSA) is 26.3 Å². The molecule has 2 rings (SSSR count). The summed E-state index contributed by atoms with van der Waals surface area (Å²) in [6.07, 6.45) is 1.54. The first-order valence-electron chi connectivity index (χ1n) is 5.53. The molecule has 0 N–H and O–H groups in total. The molecule has 0 atom stereocenters. The van der Waals surface area contributed by atoms with Gasteiger partial charge in [0.2, 0.25) is 0 Å². The summed E-state index contributed by atoms with van der Waals surface area (Å²) in [5.74, 6) is -0.282. The Morgan fingerprint density at radius 3 is 3.00 bits per heavy atom. The Labute approximate surface area is 105 Å². The van der Waals surface area contributed by atoms with Crippen molar-refractivity contribution in [3.63, 3.8) is 0 Å². The van der Waals surface area contributed by atoms with Crippen molar-refractivity contribution >= 4 is 33.0 Å². The number of esters is 1. The van der Waals surface area contributed by atoms with Crippen LogP contribution in [0.5, 0.6) is 0 Å². The molecule has 3 heteroatoms. The first kappa shape index (κ1) is 11.9. The maximum atomic E-state index is 11.3. The highest BCUT2D eigenvalue weighted by Gasteiger charge is 2.02. The molecule has 2 nitrogen and oxygen atoms in total. The number of hydrogen-bond donors (Lipinski definition) is 0. The van der Waals surface area contributed by atoms with Gasteiger partial charge in [-0.2, -0.15) is 0 Å². The monoisotopic (exact) mass is 246 g/mol. The molecule has 1 heterocycles. The molecule has 2 aromatic rings. The molecule has 0 amide bonds. The summed E-state index contributed by atoms with van der Waals surface area (Å²) in [5, 5.41) is 3.28. The molecule has 0 saturated carbocycles.